The van der Waals surface area contributed by atoms with Gasteiger partial charge in [0.25, 0.3) is 5.91 Å². The van der Waals surface area contributed by atoms with Crippen LogP contribution in [0.2, 0.25) is 5.02 Å². The zero-order chi connectivity index (χ0) is 32.8. The highest BCUT2D eigenvalue weighted by molar-refractivity contribution is 6.31. The van der Waals surface area contributed by atoms with Crippen molar-refractivity contribution in [3.05, 3.63) is 94.0 Å². The molecule has 0 bridgehead atoms. The molecule has 2 heterocycles. The van der Waals surface area contributed by atoms with Crippen LogP contribution in [0.25, 0.3) is 11.1 Å². The number of hydrogen-bond donors (Lipinski definition) is 3. The van der Waals surface area contributed by atoms with Gasteiger partial charge in [-0.05, 0) is 55.7 Å². The van der Waals surface area contributed by atoms with E-state index < -0.39 is 17.8 Å². The number of ether oxygens (including phenoxy) is 3. The highest BCUT2D eigenvalue weighted by Crippen LogP contribution is 2.40. The summed E-state index contributed by atoms with van der Waals surface area (Å²) < 4.78 is 34.1. The molecule has 240 valence electrons. The molecule has 5 rings (SSSR count). The number of nitrogens with one attached hydrogen (secondary N) is 2. The van der Waals surface area contributed by atoms with Crippen molar-refractivity contribution in [1.29, 1.82) is 5.41 Å². The van der Waals surface area contributed by atoms with Gasteiger partial charge in [-0.2, -0.15) is 5.10 Å². The van der Waals surface area contributed by atoms with E-state index in [1.807, 2.05) is 44.2 Å². The number of fused-ring (bicyclic) bond motifs is 1. The van der Waals surface area contributed by atoms with E-state index in [9.17, 15) is 9.59 Å². The molecule has 0 fully saturated rings. The molecule has 46 heavy (non-hydrogen) atoms. The Morgan fingerprint density at radius 1 is 1.17 bits per heavy atom. The number of carbonyl (C=O) groups excluding carboxylic acids is 2. The third kappa shape index (κ3) is 7.40. The number of aromatic nitrogens is 2. The number of halogens is 2. The Morgan fingerprint density at radius 3 is 2.76 bits per heavy atom. The molecular weight excluding hydrogens is 615 g/mol. The molecule has 0 atom stereocenters. The maximum Gasteiger partial charge on any atom is 0.414 e. The van der Waals surface area contributed by atoms with Gasteiger partial charge in [-0.3, -0.25) is 19.8 Å². The zero-order valence-electron chi connectivity index (χ0n) is 25.4. The van der Waals surface area contributed by atoms with Crippen LogP contribution in [0, 0.1) is 25.1 Å². The van der Waals surface area contributed by atoms with Crippen molar-refractivity contribution in [3.63, 3.8) is 0 Å². The minimum absolute atomic E-state index is 0.00150. The van der Waals surface area contributed by atoms with E-state index >= 15 is 4.39 Å². The first kappa shape index (κ1) is 32.3. The van der Waals surface area contributed by atoms with Crippen LogP contribution in [0.3, 0.4) is 0 Å². The highest BCUT2D eigenvalue weighted by Gasteiger charge is 2.26. The molecule has 13 heteroatoms. The summed E-state index contributed by atoms with van der Waals surface area (Å²) in [5.74, 6) is -0.243. The SMILES string of the molecule is Cc1cccc(OCCOC(=O)N2CCCOc3c(-c4cnn(Cc5c(F)cc(C(=O)NCC(=N)N)cc5Cl)c4)cccc32)c1C. The Bertz CT molecular complexity index is 1750. The number of nitrogens with zero attached hydrogens (tertiary/aromatic N) is 3. The smallest absolute Gasteiger partial charge is 0.414 e. The second-order valence-electron chi connectivity index (χ2n) is 10.7. The molecule has 2 amide bonds. The fraction of sp³-hybridized carbons (Fsp3) is 0.273. The average molecular weight is 649 g/mol. The van der Waals surface area contributed by atoms with Crippen LogP contribution in [0.5, 0.6) is 11.5 Å². The largest absolute Gasteiger partial charge is 0.491 e. The lowest BCUT2D eigenvalue weighted by molar-refractivity contribution is 0.0958. The van der Waals surface area contributed by atoms with Crippen LogP contribution in [0.4, 0.5) is 14.9 Å². The topological polar surface area (TPSA) is 145 Å². The first-order chi connectivity index (χ1) is 22.1. The zero-order valence-corrected chi connectivity index (χ0v) is 26.2. The number of rotatable bonds is 10. The highest BCUT2D eigenvalue weighted by atomic mass is 35.5. The Kier molecular flexibility index (Phi) is 10.1. The van der Waals surface area contributed by atoms with Gasteiger partial charge < -0.3 is 25.3 Å². The Labute approximate surface area is 270 Å². The van der Waals surface area contributed by atoms with Gasteiger partial charge in [0.05, 0.1) is 31.6 Å². The molecule has 3 aromatic carbocycles. The maximum atomic E-state index is 15.1. The van der Waals surface area contributed by atoms with Gasteiger partial charge in [0.15, 0.2) is 5.75 Å². The third-order valence-corrected chi connectivity index (χ3v) is 7.84. The molecule has 0 radical (unpaired) electrons. The maximum absolute atomic E-state index is 15.1. The number of nitrogens with two attached hydrogens (primary N) is 1. The monoisotopic (exact) mass is 648 g/mol. The summed E-state index contributed by atoms with van der Waals surface area (Å²) in [6.07, 6.45) is 3.43. The minimum Gasteiger partial charge on any atom is -0.491 e. The normalized spacial score (nSPS) is 12.5. The molecule has 1 aliphatic heterocycles. The minimum atomic E-state index is -0.678. The fourth-order valence-corrected chi connectivity index (χ4v) is 5.24. The summed E-state index contributed by atoms with van der Waals surface area (Å²) in [5, 5.41) is 14.1. The molecule has 11 nitrogen and oxygen atoms in total. The number of anilines is 1. The van der Waals surface area contributed by atoms with E-state index in [1.54, 1.807) is 23.4 Å². The van der Waals surface area contributed by atoms with Gasteiger partial charge in [-0.1, -0.05) is 35.9 Å². The quantitative estimate of drug-likeness (QED) is 0.117. The van der Waals surface area contributed by atoms with Crippen molar-refractivity contribution < 1.29 is 28.2 Å². The molecule has 1 aromatic heterocycles. The van der Waals surface area contributed by atoms with Gasteiger partial charge in [0.1, 0.15) is 30.6 Å². The van der Waals surface area contributed by atoms with Crippen LogP contribution in [0.1, 0.15) is 33.5 Å². The molecule has 0 saturated heterocycles. The van der Waals surface area contributed by atoms with E-state index in [2.05, 4.69) is 10.4 Å². The van der Waals surface area contributed by atoms with E-state index in [1.165, 1.54) is 10.7 Å². The van der Waals surface area contributed by atoms with E-state index in [0.29, 0.717) is 42.1 Å². The molecule has 0 aliphatic carbocycles. The Morgan fingerprint density at radius 2 is 1.98 bits per heavy atom. The predicted octanol–water partition coefficient (Wildman–Crippen LogP) is 5.48. The standard InChI is InChI=1S/C33H34ClFN6O5/c1-20-6-3-9-29(21(20)2)44-12-13-46-33(43)41-10-5-11-45-31-24(7-4-8-28(31)41)23-16-39-40(18-23)19-25-26(34)14-22(15-27(25)35)32(42)38-17-30(36)37/h3-4,6-9,14-16,18H,5,10-13,17,19H2,1-2H3,(H3,36,37)(H,38,42). The number of benzene rings is 3. The molecule has 4 N–H and O–H groups in total. The summed E-state index contributed by atoms with van der Waals surface area (Å²) in [4.78, 5) is 27.0. The van der Waals surface area contributed by atoms with Crippen LogP contribution < -0.4 is 25.4 Å². The molecule has 0 spiro atoms. The number of aryl methyl sites for hydroxylation is 1. The van der Waals surface area contributed by atoms with Crippen molar-refractivity contribution in [2.75, 3.05) is 37.8 Å². The van der Waals surface area contributed by atoms with Crippen LogP contribution >= 0.6 is 11.6 Å². The van der Waals surface area contributed by atoms with E-state index in [0.717, 1.165) is 22.9 Å². The van der Waals surface area contributed by atoms with Crippen molar-refractivity contribution >= 4 is 35.1 Å². The lowest BCUT2D eigenvalue weighted by Gasteiger charge is -2.22. The lowest BCUT2D eigenvalue weighted by Crippen LogP contribution is -2.33. The van der Waals surface area contributed by atoms with Gasteiger partial charge in [-0.15, -0.1) is 0 Å². The third-order valence-electron chi connectivity index (χ3n) is 7.51. The van der Waals surface area contributed by atoms with Gasteiger partial charge >= 0.3 is 6.09 Å². The van der Waals surface area contributed by atoms with E-state index in [-0.39, 0.29) is 48.3 Å². The molecule has 0 unspecified atom stereocenters. The first-order valence-corrected chi connectivity index (χ1v) is 15.0. The number of amidine groups is 1. The first-order valence-electron chi connectivity index (χ1n) is 14.6. The van der Waals surface area contributed by atoms with Gasteiger partial charge in [0.2, 0.25) is 0 Å². The molecule has 0 saturated carbocycles. The van der Waals surface area contributed by atoms with Crippen LogP contribution in [-0.2, 0) is 11.3 Å². The predicted molar refractivity (Wildman–Crippen MR) is 173 cm³/mol. The Balaban J connectivity index is 1.28. The number of carbonyl (C=O) groups is 2. The number of amides is 2. The van der Waals surface area contributed by atoms with Gasteiger partial charge in [0, 0.05) is 40.0 Å². The molecule has 4 aromatic rings. The van der Waals surface area contributed by atoms with E-state index in [4.69, 9.17) is 37.0 Å². The summed E-state index contributed by atoms with van der Waals surface area (Å²) in [6, 6.07) is 13.7. The fourth-order valence-electron chi connectivity index (χ4n) is 4.98. The second kappa shape index (κ2) is 14.3. The molecule has 1 aliphatic rings. The summed E-state index contributed by atoms with van der Waals surface area (Å²) in [5.41, 5.74) is 9.54. The average Bonchev–Trinajstić information content (AvgIpc) is 3.38. The summed E-state index contributed by atoms with van der Waals surface area (Å²) >= 11 is 6.36. The molecular formula is C33H34ClFN6O5. The van der Waals surface area contributed by atoms with Crippen molar-refractivity contribution in [2.45, 2.75) is 26.8 Å². The summed E-state index contributed by atoms with van der Waals surface area (Å²) in [7, 11) is 0. The van der Waals surface area contributed by atoms with Crippen LogP contribution in [-0.4, -0.2) is 60.5 Å². The van der Waals surface area contributed by atoms with Crippen molar-refractivity contribution in [2.24, 2.45) is 5.73 Å². The van der Waals surface area contributed by atoms with Gasteiger partial charge in [-0.25, -0.2) is 9.18 Å². The number of para-hydroxylation sites is 1. The number of hydrogen-bond acceptors (Lipinski definition) is 7. The van der Waals surface area contributed by atoms with Crippen molar-refractivity contribution in [3.8, 4) is 22.6 Å². The second-order valence-corrected chi connectivity index (χ2v) is 11.1. The van der Waals surface area contributed by atoms with Crippen molar-refractivity contribution in [1.82, 2.24) is 15.1 Å². The lowest BCUT2D eigenvalue weighted by atomic mass is 10.1. The van der Waals surface area contributed by atoms with Crippen LogP contribution in [0.15, 0.2) is 60.9 Å². The Hall–Kier alpha value is -5.10. The summed E-state index contributed by atoms with van der Waals surface area (Å²) in [6.45, 7) is 4.93.